The molecule has 90 valence electrons. The van der Waals surface area contributed by atoms with Crippen molar-refractivity contribution >= 4 is 11.9 Å². The number of carbonyl (C=O) groups is 2. The minimum atomic E-state index is -0.931. The zero-order valence-electron chi connectivity index (χ0n) is 9.15. The van der Waals surface area contributed by atoms with Crippen LogP contribution in [0.15, 0.2) is 0 Å². The average Bonchev–Trinajstić information content (AvgIpc) is 2.89. The minimum Gasteiger partial charge on any atom is -0.480 e. The molecule has 0 aromatic rings. The van der Waals surface area contributed by atoms with Crippen LogP contribution in [0.25, 0.3) is 0 Å². The Morgan fingerprint density at radius 3 is 2.62 bits per heavy atom. The Kier molecular flexibility index (Phi) is 3.43. The molecule has 1 aliphatic carbocycles. The number of hydrogen-bond acceptors (Lipinski definition) is 3. The number of amides is 1. The molecule has 1 amide bonds. The summed E-state index contributed by atoms with van der Waals surface area (Å²) in [5, 5.41) is 11.6. The summed E-state index contributed by atoms with van der Waals surface area (Å²) in [6.07, 6.45) is 3.44. The van der Waals surface area contributed by atoms with E-state index in [0.717, 1.165) is 12.8 Å². The zero-order valence-corrected chi connectivity index (χ0v) is 9.15. The summed E-state index contributed by atoms with van der Waals surface area (Å²) in [7, 11) is 0. The third kappa shape index (κ3) is 2.95. The van der Waals surface area contributed by atoms with Crippen LogP contribution in [-0.4, -0.2) is 36.2 Å². The van der Waals surface area contributed by atoms with Crippen LogP contribution in [0.3, 0.4) is 0 Å². The van der Waals surface area contributed by atoms with E-state index in [4.69, 9.17) is 9.84 Å². The fourth-order valence-electron chi connectivity index (χ4n) is 1.94. The second-order valence-corrected chi connectivity index (χ2v) is 4.64. The normalized spacial score (nSPS) is 26.4. The van der Waals surface area contributed by atoms with Gasteiger partial charge in [-0.05, 0) is 18.8 Å². The van der Waals surface area contributed by atoms with Crippen molar-refractivity contribution in [1.29, 1.82) is 0 Å². The third-order valence-electron chi connectivity index (χ3n) is 3.18. The van der Waals surface area contributed by atoms with Crippen molar-refractivity contribution in [3.63, 3.8) is 0 Å². The molecule has 2 N–H and O–H groups in total. The SMILES string of the molecule is O=C(N[C@@H](CC1CC1)C(=O)O)[C@@H]1CCOC1. The van der Waals surface area contributed by atoms with Crippen molar-refractivity contribution in [3.05, 3.63) is 0 Å². The van der Waals surface area contributed by atoms with Gasteiger partial charge < -0.3 is 15.2 Å². The molecule has 1 aliphatic heterocycles. The quantitative estimate of drug-likeness (QED) is 0.712. The maximum Gasteiger partial charge on any atom is 0.326 e. The van der Waals surface area contributed by atoms with Crippen LogP contribution < -0.4 is 5.32 Å². The van der Waals surface area contributed by atoms with E-state index >= 15 is 0 Å². The van der Waals surface area contributed by atoms with Gasteiger partial charge in [-0.2, -0.15) is 0 Å². The summed E-state index contributed by atoms with van der Waals surface area (Å²) in [6, 6.07) is -0.722. The number of carbonyl (C=O) groups excluding carboxylic acids is 1. The van der Waals surface area contributed by atoms with E-state index in [1.807, 2.05) is 0 Å². The molecule has 2 fully saturated rings. The summed E-state index contributed by atoms with van der Waals surface area (Å²) in [6.45, 7) is 1.01. The van der Waals surface area contributed by atoms with Crippen LogP contribution in [0.1, 0.15) is 25.7 Å². The number of nitrogens with one attached hydrogen (secondary N) is 1. The lowest BCUT2D eigenvalue weighted by molar-refractivity contribution is -0.142. The first kappa shape index (κ1) is 11.4. The summed E-state index contributed by atoms with van der Waals surface area (Å²) in [5.74, 6) is -0.785. The fourth-order valence-corrected chi connectivity index (χ4v) is 1.94. The van der Waals surface area contributed by atoms with Gasteiger partial charge in [0.2, 0.25) is 5.91 Å². The summed E-state index contributed by atoms with van der Waals surface area (Å²) >= 11 is 0. The Labute approximate surface area is 94.2 Å². The van der Waals surface area contributed by atoms with Crippen LogP contribution in [0, 0.1) is 11.8 Å². The van der Waals surface area contributed by atoms with E-state index in [1.54, 1.807) is 0 Å². The monoisotopic (exact) mass is 227 g/mol. The molecule has 1 saturated carbocycles. The van der Waals surface area contributed by atoms with Crippen molar-refractivity contribution in [3.8, 4) is 0 Å². The predicted molar refractivity (Wildman–Crippen MR) is 55.8 cm³/mol. The zero-order chi connectivity index (χ0) is 11.5. The molecule has 0 aromatic heterocycles. The topological polar surface area (TPSA) is 75.6 Å². The number of rotatable bonds is 5. The van der Waals surface area contributed by atoms with Crippen molar-refractivity contribution in [2.75, 3.05) is 13.2 Å². The minimum absolute atomic E-state index is 0.166. The first-order valence-electron chi connectivity index (χ1n) is 5.77. The number of aliphatic carboxylic acids is 1. The van der Waals surface area contributed by atoms with E-state index in [9.17, 15) is 9.59 Å². The Hall–Kier alpha value is -1.10. The Morgan fingerprint density at radius 1 is 1.38 bits per heavy atom. The van der Waals surface area contributed by atoms with Gasteiger partial charge in [-0.3, -0.25) is 4.79 Å². The first-order valence-corrected chi connectivity index (χ1v) is 5.77. The number of carboxylic acids is 1. The van der Waals surface area contributed by atoms with Gasteiger partial charge in [0.1, 0.15) is 6.04 Å². The van der Waals surface area contributed by atoms with Crippen molar-refractivity contribution < 1.29 is 19.4 Å². The van der Waals surface area contributed by atoms with Gasteiger partial charge in [0.05, 0.1) is 12.5 Å². The molecule has 2 atom stereocenters. The molecular weight excluding hydrogens is 210 g/mol. The molecule has 1 saturated heterocycles. The van der Waals surface area contributed by atoms with E-state index in [2.05, 4.69) is 5.32 Å². The second kappa shape index (κ2) is 4.82. The summed E-state index contributed by atoms with van der Waals surface area (Å²) in [5.41, 5.74) is 0. The van der Waals surface area contributed by atoms with Gasteiger partial charge >= 0.3 is 5.97 Å². The first-order chi connectivity index (χ1) is 7.66. The molecule has 0 radical (unpaired) electrons. The molecule has 0 bridgehead atoms. The van der Waals surface area contributed by atoms with Gasteiger partial charge in [0, 0.05) is 6.61 Å². The van der Waals surface area contributed by atoms with Gasteiger partial charge in [0.25, 0.3) is 0 Å². The molecule has 2 aliphatic rings. The molecular formula is C11H17NO4. The number of ether oxygens (including phenoxy) is 1. The molecule has 1 heterocycles. The van der Waals surface area contributed by atoms with Crippen LogP contribution >= 0.6 is 0 Å². The van der Waals surface area contributed by atoms with E-state index < -0.39 is 12.0 Å². The Morgan fingerprint density at radius 2 is 2.12 bits per heavy atom. The average molecular weight is 227 g/mol. The standard InChI is InChI=1S/C11H17NO4/c13-10(8-3-4-16-6-8)12-9(11(14)15)5-7-1-2-7/h7-9H,1-6H2,(H,12,13)(H,14,15)/t8-,9+/m1/s1. The smallest absolute Gasteiger partial charge is 0.326 e. The van der Waals surface area contributed by atoms with E-state index in [-0.39, 0.29) is 11.8 Å². The van der Waals surface area contributed by atoms with Crippen molar-refractivity contribution in [1.82, 2.24) is 5.32 Å². The number of hydrogen-bond donors (Lipinski definition) is 2. The van der Waals surface area contributed by atoms with Gasteiger partial charge in [0.15, 0.2) is 0 Å². The van der Waals surface area contributed by atoms with Gasteiger partial charge in [-0.25, -0.2) is 4.79 Å². The Bertz CT molecular complexity index is 282. The van der Waals surface area contributed by atoms with Crippen LogP contribution in [-0.2, 0) is 14.3 Å². The molecule has 5 nitrogen and oxygen atoms in total. The lowest BCUT2D eigenvalue weighted by Crippen LogP contribution is -2.44. The third-order valence-corrected chi connectivity index (χ3v) is 3.18. The van der Waals surface area contributed by atoms with Crippen LogP contribution in [0.5, 0.6) is 0 Å². The van der Waals surface area contributed by atoms with Crippen LogP contribution in [0.2, 0.25) is 0 Å². The molecule has 0 aromatic carbocycles. The molecule has 0 spiro atoms. The number of carboxylic acid groups (broad SMARTS) is 1. The van der Waals surface area contributed by atoms with E-state index in [1.165, 1.54) is 0 Å². The highest BCUT2D eigenvalue weighted by Crippen LogP contribution is 2.33. The van der Waals surface area contributed by atoms with E-state index in [0.29, 0.717) is 32.0 Å². The predicted octanol–water partition coefficient (Wildman–Crippen LogP) is 0.392. The highest BCUT2D eigenvalue weighted by atomic mass is 16.5. The van der Waals surface area contributed by atoms with Gasteiger partial charge in [-0.1, -0.05) is 12.8 Å². The molecule has 2 rings (SSSR count). The van der Waals surface area contributed by atoms with Crippen LogP contribution in [0.4, 0.5) is 0 Å². The van der Waals surface area contributed by atoms with Crippen molar-refractivity contribution in [2.24, 2.45) is 11.8 Å². The highest BCUT2D eigenvalue weighted by Gasteiger charge is 2.32. The molecule has 5 heteroatoms. The summed E-state index contributed by atoms with van der Waals surface area (Å²) < 4.78 is 5.11. The summed E-state index contributed by atoms with van der Waals surface area (Å²) in [4.78, 5) is 22.7. The maximum atomic E-state index is 11.7. The molecule has 16 heavy (non-hydrogen) atoms. The van der Waals surface area contributed by atoms with Gasteiger partial charge in [-0.15, -0.1) is 0 Å². The largest absolute Gasteiger partial charge is 0.480 e. The fraction of sp³-hybridized carbons (Fsp3) is 0.818. The lowest BCUT2D eigenvalue weighted by Gasteiger charge is -2.16. The highest BCUT2D eigenvalue weighted by molar-refractivity contribution is 5.85. The maximum absolute atomic E-state index is 11.7. The molecule has 0 unspecified atom stereocenters. The van der Waals surface area contributed by atoms with Crippen molar-refractivity contribution in [2.45, 2.75) is 31.7 Å². The Balaban J connectivity index is 1.83. The second-order valence-electron chi connectivity index (χ2n) is 4.64. The lowest BCUT2D eigenvalue weighted by atomic mass is 10.1.